The van der Waals surface area contributed by atoms with Crippen LogP contribution in [0.3, 0.4) is 0 Å². The fraction of sp³-hybridized carbons (Fsp3) is 0.625. The Hall–Kier alpha value is -0.540. The third kappa shape index (κ3) is 3.96. The molecule has 1 aromatic carbocycles. The van der Waals surface area contributed by atoms with Crippen molar-refractivity contribution in [2.24, 2.45) is 0 Å². The van der Waals surface area contributed by atoms with Crippen LogP contribution >= 0.6 is 15.9 Å². The first-order valence-electron chi connectivity index (χ1n) is 7.38. The summed E-state index contributed by atoms with van der Waals surface area (Å²) in [6.07, 6.45) is 7.85. The van der Waals surface area contributed by atoms with Gasteiger partial charge in [-0.1, -0.05) is 42.1 Å². The van der Waals surface area contributed by atoms with E-state index in [0.717, 1.165) is 16.6 Å². The average Bonchev–Trinajstić information content (AvgIpc) is 2.43. The number of rotatable bonds is 6. The summed E-state index contributed by atoms with van der Waals surface area (Å²) in [6.45, 7) is 2.25. The Kier molecular flexibility index (Phi) is 5.71. The van der Waals surface area contributed by atoms with Gasteiger partial charge < -0.3 is 10.1 Å². The fourth-order valence-corrected chi connectivity index (χ4v) is 3.14. The summed E-state index contributed by atoms with van der Waals surface area (Å²) < 4.78 is 7.26. The number of ether oxygens (including phenoxy) is 1. The first kappa shape index (κ1) is 14.9. The molecule has 0 aromatic heterocycles. The van der Waals surface area contributed by atoms with E-state index < -0.39 is 0 Å². The molecule has 0 aliphatic carbocycles. The highest BCUT2D eigenvalue weighted by Crippen LogP contribution is 2.37. The van der Waals surface area contributed by atoms with Gasteiger partial charge in [-0.05, 0) is 38.1 Å². The highest BCUT2D eigenvalue weighted by Gasteiger charge is 2.26. The van der Waals surface area contributed by atoms with Gasteiger partial charge in [0.25, 0.3) is 0 Å². The minimum Gasteiger partial charge on any atom is -0.490 e. The molecule has 2 unspecified atom stereocenters. The van der Waals surface area contributed by atoms with Crippen molar-refractivity contribution < 1.29 is 4.74 Å². The molecule has 0 radical (unpaired) electrons. The van der Waals surface area contributed by atoms with Crippen LogP contribution in [-0.4, -0.2) is 13.2 Å². The number of unbranched alkanes of at least 4 members (excludes halogenated alkanes) is 3. The number of nitrogens with one attached hydrogen (secondary N) is 1. The second-order valence-corrected chi connectivity index (χ2v) is 6.26. The molecule has 0 saturated heterocycles. The molecule has 1 aromatic rings. The molecule has 0 bridgehead atoms. The molecule has 1 aliphatic heterocycles. The second kappa shape index (κ2) is 7.30. The molecule has 106 valence electrons. The van der Waals surface area contributed by atoms with Crippen LogP contribution in [0.1, 0.15) is 57.1 Å². The van der Waals surface area contributed by atoms with Crippen LogP contribution in [0.2, 0.25) is 0 Å². The van der Waals surface area contributed by atoms with Crippen molar-refractivity contribution >= 4 is 15.9 Å². The molecule has 0 spiro atoms. The monoisotopic (exact) mass is 325 g/mol. The van der Waals surface area contributed by atoms with Crippen LogP contribution < -0.4 is 10.1 Å². The molecule has 2 nitrogen and oxygen atoms in total. The van der Waals surface area contributed by atoms with Crippen molar-refractivity contribution in [3.63, 3.8) is 0 Å². The Labute approximate surface area is 125 Å². The molecular weight excluding hydrogens is 302 g/mol. The van der Waals surface area contributed by atoms with Gasteiger partial charge in [0, 0.05) is 22.5 Å². The zero-order valence-electron chi connectivity index (χ0n) is 11.9. The van der Waals surface area contributed by atoms with E-state index in [1.807, 2.05) is 7.05 Å². The van der Waals surface area contributed by atoms with E-state index in [4.69, 9.17) is 4.74 Å². The van der Waals surface area contributed by atoms with Gasteiger partial charge in [-0.15, -0.1) is 0 Å². The Morgan fingerprint density at radius 3 is 2.89 bits per heavy atom. The van der Waals surface area contributed by atoms with Crippen molar-refractivity contribution in [2.75, 3.05) is 7.05 Å². The Morgan fingerprint density at radius 1 is 1.32 bits per heavy atom. The fourth-order valence-electron chi connectivity index (χ4n) is 2.77. The number of halogens is 1. The van der Waals surface area contributed by atoms with E-state index in [-0.39, 0.29) is 0 Å². The highest BCUT2D eigenvalue weighted by molar-refractivity contribution is 9.10. The summed E-state index contributed by atoms with van der Waals surface area (Å²) in [5, 5.41) is 3.42. The van der Waals surface area contributed by atoms with Crippen LogP contribution in [0.25, 0.3) is 0 Å². The molecular formula is C16H24BrNO. The first-order valence-corrected chi connectivity index (χ1v) is 8.17. The molecule has 1 aliphatic rings. The maximum atomic E-state index is 6.14. The molecule has 0 amide bonds. The van der Waals surface area contributed by atoms with Gasteiger partial charge in [-0.25, -0.2) is 0 Å². The maximum Gasteiger partial charge on any atom is 0.124 e. The van der Waals surface area contributed by atoms with E-state index >= 15 is 0 Å². The van der Waals surface area contributed by atoms with Gasteiger partial charge in [-0.3, -0.25) is 0 Å². The highest BCUT2D eigenvalue weighted by atomic mass is 79.9. The quantitative estimate of drug-likeness (QED) is 0.756. The topological polar surface area (TPSA) is 21.3 Å². The zero-order chi connectivity index (χ0) is 13.7. The number of hydrogen-bond acceptors (Lipinski definition) is 2. The summed E-state index contributed by atoms with van der Waals surface area (Å²) in [5.41, 5.74) is 1.28. The van der Waals surface area contributed by atoms with E-state index in [1.54, 1.807) is 0 Å². The van der Waals surface area contributed by atoms with Gasteiger partial charge in [0.05, 0.1) is 0 Å². The molecule has 0 fully saturated rings. The van der Waals surface area contributed by atoms with E-state index in [1.165, 1.54) is 37.7 Å². The Morgan fingerprint density at radius 2 is 2.16 bits per heavy atom. The third-order valence-electron chi connectivity index (χ3n) is 3.87. The lowest BCUT2D eigenvalue weighted by atomic mass is 9.94. The number of fused-ring (bicyclic) bond motifs is 1. The summed E-state index contributed by atoms with van der Waals surface area (Å²) in [4.78, 5) is 0. The van der Waals surface area contributed by atoms with Crippen molar-refractivity contribution in [3.8, 4) is 5.75 Å². The third-order valence-corrected chi connectivity index (χ3v) is 4.36. The van der Waals surface area contributed by atoms with E-state index in [9.17, 15) is 0 Å². The molecule has 0 saturated carbocycles. The molecule has 1 heterocycles. The van der Waals surface area contributed by atoms with Crippen molar-refractivity contribution in [1.82, 2.24) is 5.32 Å². The Bertz CT molecular complexity index is 408. The first-order chi connectivity index (χ1) is 9.24. The SMILES string of the molecule is CCCCCCC1CC(NC)c2cc(Br)ccc2O1. The maximum absolute atomic E-state index is 6.14. The number of hydrogen-bond donors (Lipinski definition) is 1. The summed E-state index contributed by atoms with van der Waals surface area (Å²) in [6, 6.07) is 6.73. The molecule has 1 N–H and O–H groups in total. The van der Waals surface area contributed by atoms with Crippen LogP contribution in [0.15, 0.2) is 22.7 Å². The standard InChI is InChI=1S/C16H24BrNO/c1-3-4-5-6-7-13-11-15(18-2)14-10-12(17)8-9-16(14)19-13/h8-10,13,15,18H,3-7,11H2,1-2H3. The van der Waals surface area contributed by atoms with Crippen LogP contribution in [0.4, 0.5) is 0 Å². The van der Waals surface area contributed by atoms with Crippen molar-refractivity contribution in [1.29, 1.82) is 0 Å². The second-order valence-electron chi connectivity index (χ2n) is 5.35. The van der Waals surface area contributed by atoms with Gasteiger partial charge in [-0.2, -0.15) is 0 Å². The number of benzene rings is 1. The lowest BCUT2D eigenvalue weighted by molar-refractivity contribution is 0.140. The lowest BCUT2D eigenvalue weighted by Gasteiger charge is -2.32. The predicted octanol–water partition coefficient (Wildman–Crippen LogP) is 4.83. The van der Waals surface area contributed by atoms with Crippen LogP contribution in [0.5, 0.6) is 5.75 Å². The summed E-state index contributed by atoms with van der Waals surface area (Å²) in [7, 11) is 2.04. The average molecular weight is 326 g/mol. The van der Waals surface area contributed by atoms with Gasteiger partial charge in [0.1, 0.15) is 11.9 Å². The largest absolute Gasteiger partial charge is 0.490 e. The van der Waals surface area contributed by atoms with E-state index in [0.29, 0.717) is 12.1 Å². The van der Waals surface area contributed by atoms with Crippen molar-refractivity contribution in [2.45, 2.75) is 57.6 Å². The lowest BCUT2D eigenvalue weighted by Crippen LogP contribution is -2.31. The zero-order valence-corrected chi connectivity index (χ0v) is 13.5. The van der Waals surface area contributed by atoms with Gasteiger partial charge in [0.2, 0.25) is 0 Å². The Balaban J connectivity index is 1.99. The van der Waals surface area contributed by atoms with Gasteiger partial charge in [0.15, 0.2) is 0 Å². The van der Waals surface area contributed by atoms with Crippen LogP contribution in [0, 0.1) is 0 Å². The molecule has 2 rings (SSSR count). The van der Waals surface area contributed by atoms with Gasteiger partial charge >= 0.3 is 0 Å². The normalized spacial score (nSPS) is 21.8. The van der Waals surface area contributed by atoms with Crippen LogP contribution in [-0.2, 0) is 0 Å². The molecule has 3 heteroatoms. The minimum absolute atomic E-state index is 0.364. The smallest absolute Gasteiger partial charge is 0.124 e. The molecule has 19 heavy (non-hydrogen) atoms. The summed E-state index contributed by atoms with van der Waals surface area (Å²) in [5.74, 6) is 1.05. The minimum atomic E-state index is 0.364. The van der Waals surface area contributed by atoms with E-state index in [2.05, 4.69) is 46.4 Å². The predicted molar refractivity (Wildman–Crippen MR) is 83.7 cm³/mol. The van der Waals surface area contributed by atoms with Crippen molar-refractivity contribution in [3.05, 3.63) is 28.2 Å². The molecule has 2 atom stereocenters. The summed E-state index contributed by atoms with van der Waals surface area (Å²) >= 11 is 3.54.